The molecule has 0 bridgehead atoms. The molecule has 28 heavy (non-hydrogen) atoms. The standard InChI is InChI=1S/C24H33N3O/c1-17(2)20-12-9-13-21(18(3)4)23(20)25-24(28)27-15-14-26(5)16-22(27)19-10-7-6-8-11-19/h6-13,17-18,22H,14-16H2,1-5H3,(H,25,28). The smallest absolute Gasteiger partial charge is 0.315 e. The van der Waals surface area contributed by atoms with Crippen LogP contribution in [-0.2, 0) is 0 Å². The highest BCUT2D eigenvalue weighted by Gasteiger charge is 2.31. The van der Waals surface area contributed by atoms with E-state index >= 15 is 0 Å². The van der Waals surface area contributed by atoms with Crippen molar-refractivity contribution in [3.05, 3.63) is 65.2 Å². The summed E-state index contributed by atoms with van der Waals surface area (Å²) in [7, 11) is 2.12. The van der Waals surface area contributed by atoms with E-state index in [9.17, 15) is 4.79 Å². The number of amides is 2. The number of carbonyl (C=O) groups excluding carboxylic acids is 1. The van der Waals surface area contributed by atoms with Crippen molar-refractivity contribution in [1.82, 2.24) is 9.80 Å². The molecule has 1 saturated heterocycles. The molecule has 2 amide bonds. The maximum atomic E-state index is 13.4. The number of nitrogens with zero attached hydrogens (tertiary/aromatic N) is 2. The van der Waals surface area contributed by atoms with Gasteiger partial charge in [0.25, 0.3) is 0 Å². The van der Waals surface area contributed by atoms with E-state index in [-0.39, 0.29) is 12.1 Å². The molecule has 0 saturated carbocycles. The van der Waals surface area contributed by atoms with Crippen molar-refractivity contribution >= 4 is 11.7 Å². The number of nitrogens with one attached hydrogen (secondary N) is 1. The van der Waals surface area contributed by atoms with Crippen LogP contribution in [-0.4, -0.2) is 42.5 Å². The number of para-hydroxylation sites is 1. The van der Waals surface area contributed by atoms with E-state index in [2.05, 4.69) is 75.3 Å². The lowest BCUT2D eigenvalue weighted by Gasteiger charge is -2.40. The molecule has 1 fully saturated rings. The first-order valence-electron chi connectivity index (χ1n) is 10.3. The van der Waals surface area contributed by atoms with Crippen LogP contribution in [0.1, 0.15) is 62.3 Å². The van der Waals surface area contributed by atoms with Crippen LogP contribution in [0.4, 0.5) is 10.5 Å². The summed E-state index contributed by atoms with van der Waals surface area (Å²) < 4.78 is 0. The zero-order valence-corrected chi connectivity index (χ0v) is 17.8. The summed E-state index contributed by atoms with van der Waals surface area (Å²) in [5.74, 6) is 0.706. The average Bonchev–Trinajstić information content (AvgIpc) is 2.68. The molecule has 1 unspecified atom stereocenters. The van der Waals surface area contributed by atoms with Crippen molar-refractivity contribution in [2.45, 2.75) is 45.6 Å². The molecular formula is C24H33N3O. The zero-order valence-electron chi connectivity index (χ0n) is 17.8. The molecule has 1 heterocycles. The molecule has 1 atom stereocenters. The highest BCUT2D eigenvalue weighted by molar-refractivity contribution is 5.92. The summed E-state index contributed by atoms with van der Waals surface area (Å²) >= 11 is 0. The normalized spacial score (nSPS) is 18.0. The topological polar surface area (TPSA) is 35.6 Å². The molecule has 4 heteroatoms. The first-order valence-corrected chi connectivity index (χ1v) is 10.3. The molecule has 3 rings (SSSR count). The van der Waals surface area contributed by atoms with Gasteiger partial charge in [0.2, 0.25) is 0 Å². The zero-order chi connectivity index (χ0) is 20.3. The Hall–Kier alpha value is -2.33. The Kier molecular flexibility index (Phi) is 6.40. The number of hydrogen-bond acceptors (Lipinski definition) is 2. The SMILES string of the molecule is CC(C)c1cccc(C(C)C)c1NC(=O)N1CCN(C)CC1c1ccccc1. The second-order valence-electron chi connectivity index (χ2n) is 8.43. The van der Waals surface area contributed by atoms with Crippen LogP contribution >= 0.6 is 0 Å². The van der Waals surface area contributed by atoms with E-state index in [0.29, 0.717) is 11.8 Å². The molecule has 0 radical (unpaired) electrons. The van der Waals surface area contributed by atoms with Crippen molar-refractivity contribution in [2.24, 2.45) is 0 Å². The van der Waals surface area contributed by atoms with Gasteiger partial charge in [0.05, 0.1) is 6.04 Å². The largest absolute Gasteiger partial charge is 0.322 e. The van der Waals surface area contributed by atoms with Crippen LogP contribution in [0, 0.1) is 0 Å². The molecule has 1 N–H and O–H groups in total. The number of benzene rings is 2. The van der Waals surface area contributed by atoms with Crippen molar-refractivity contribution in [3.63, 3.8) is 0 Å². The maximum Gasteiger partial charge on any atom is 0.322 e. The number of hydrogen-bond donors (Lipinski definition) is 1. The van der Waals surface area contributed by atoms with Crippen molar-refractivity contribution < 1.29 is 4.79 Å². The Labute approximate surface area is 169 Å². The Bertz CT molecular complexity index is 775. The molecular weight excluding hydrogens is 346 g/mol. The van der Waals surface area contributed by atoms with Gasteiger partial charge < -0.3 is 15.1 Å². The Morgan fingerprint density at radius 3 is 2.11 bits per heavy atom. The monoisotopic (exact) mass is 379 g/mol. The lowest BCUT2D eigenvalue weighted by molar-refractivity contribution is 0.116. The third kappa shape index (κ3) is 4.39. The van der Waals surface area contributed by atoms with Gasteiger partial charge in [-0.25, -0.2) is 4.79 Å². The van der Waals surface area contributed by atoms with Gasteiger partial charge in [-0.2, -0.15) is 0 Å². The Morgan fingerprint density at radius 1 is 0.929 bits per heavy atom. The molecule has 2 aromatic rings. The second-order valence-corrected chi connectivity index (χ2v) is 8.43. The third-order valence-electron chi connectivity index (χ3n) is 5.63. The lowest BCUT2D eigenvalue weighted by atomic mass is 9.92. The lowest BCUT2D eigenvalue weighted by Crippen LogP contribution is -2.50. The van der Waals surface area contributed by atoms with E-state index < -0.39 is 0 Å². The van der Waals surface area contributed by atoms with Crippen LogP contribution in [0.15, 0.2) is 48.5 Å². The van der Waals surface area contributed by atoms with Gasteiger partial charge in [0.1, 0.15) is 0 Å². The van der Waals surface area contributed by atoms with E-state index in [4.69, 9.17) is 0 Å². The fourth-order valence-electron chi connectivity index (χ4n) is 4.00. The minimum atomic E-state index is -0.00282. The first-order chi connectivity index (χ1) is 13.4. The van der Waals surface area contributed by atoms with Crippen molar-refractivity contribution in [3.8, 4) is 0 Å². The number of rotatable bonds is 4. The van der Waals surface area contributed by atoms with Crippen LogP contribution < -0.4 is 5.32 Å². The Morgan fingerprint density at radius 2 is 1.54 bits per heavy atom. The van der Waals surface area contributed by atoms with Gasteiger partial charge in [0.15, 0.2) is 0 Å². The van der Waals surface area contributed by atoms with Crippen LogP contribution in [0.25, 0.3) is 0 Å². The first kappa shape index (κ1) is 20.4. The summed E-state index contributed by atoms with van der Waals surface area (Å²) in [5.41, 5.74) is 4.57. The highest BCUT2D eigenvalue weighted by atomic mass is 16.2. The van der Waals surface area contributed by atoms with Gasteiger partial charge in [-0.1, -0.05) is 76.2 Å². The minimum absolute atomic E-state index is 0.00282. The fourth-order valence-corrected chi connectivity index (χ4v) is 4.00. The van der Waals surface area contributed by atoms with Crippen molar-refractivity contribution in [1.29, 1.82) is 0 Å². The summed E-state index contributed by atoms with van der Waals surface area (Å²) in [6, 6.07) is 16.8. The van der Waals surface area contributed by atoms with Gasteiger partial charge >= 0.3 is 6.03 Å². The van der Waals surface area contributed by atoms with Crippen LogP contribution in [0.5, 0.6) is 0 Å². The van der Waals surface area contributed by atoms with Gasteiger partial charge in [-0.05, 0) is 35.6 Å². The van der Waals surface area contributed by atoms with Gasteiger partial charge in [-0.3, -0.25) is 0 Å². The van der Waals surface area contributed by atoms with Crippen LogP contribution in [0.2, 0.25) is 0 Å². The number of likely N-dealkylation sites (N-methyl/N-ethyl adjacent to an activating group) is 1. The molecule has 150 valence electrons. The average molecular weight is 380 g/mol. The van der Waals surface area contributed by atoms with E-state index in [1.807, 2.05) is 23.1 Å². The summed E-state index contributed by atoms with van der Waals surface area (Å²) in [5, 5.41) is 3.29. The number of carbonyl (C=O) groups is 1. The molecule has 4 nitrogen and oxygen atoms in total. The van der Waals surface area contributed by atoms with Gasteiger partial charge in [-0.15, -0.1) is 0 Å². The highest BCUT2D eigenvalue weighted by Crippen LogP contribution is 2.33. The summed E-state index contributed by atoms with van der Waals surface area (Å²) in [4.78, 5) is 17.7. The van der Waals surface area contributed by atoms with E-state index in [1.54, 1.807) is 0 Å². The molecule has 0 aliphatic carbocycles. The predicted molar refractivity (Wildman–Crippen MR) is 117 cm³/mol. The predicted octanol–water partition coefficient (Wildman–Crippen LogP) is 5.45. The molecule has 0 spiro atoms. The van der Waals surface area contributed by atoms with Gasteiger partial charge in [0, 0.05) is 25.3 Å². The van der Waals surface area contributed by atoms with E-state index in [0.717, 1.165) is 25.3 Å². The van der Waals surface area contributed by atoms with Crippen molar-refractivity contribution in [2.75, 3.05) is 32.0 Å². The third-order valence-corrected chi connectivity index (χ3v) is 5.63. The number of urea groups is 1. The van der Waals surface area contributed by atoms with E-state index in [1.165, 1.54) is 16.7 Å². The molecule has 1 aliphatic heterocycles. The Balaban J connectivity index is 1.91. The summed E-state index contributed by atoms with van der Waals surface area (Å²) in [6.45, 7) is 11.2. The fraction of sp³-hybridized carbons (Fsp3) is 0.458. The second kappa shape index (κ2) is 8.78. The van der Waals surface area contributed by atoms with Crippen LogP contribution in [0.3, 0.4) is 0 Å². The number of anilines is 1. The number of piperazine rings is 1. The minimum Gasteiger partial charge on any atom is -0.315 e. The quantitative estimate of drug-likeness (QED) is 0.766. The molecule has 2 aromatic carbocycles. The molecule has 1 aliphatic rings. The maximum absolute atomic E-state index is 13.4. The summed E-state index contributed by atoms with van der Waals surface area (Å²) in [6.07, 6.45) is 0. The molecule has 0 aromatic heterocycles.